The van der Waals surface area contributed by atoms with Gasteiger partial charge in [-0.25, -0.2) is 9.37 Å². The summed E-state index contributed by atoms with van der Waals surface area (Å²) in [7, 11) is 0. The number of rotatable bonds is 3. The highest BCUT2D eigenvalue weighted by Crippen LogP contribution is 2.11. The van der Waals surface area contributed by atoms with Crippen LogP contribution in [0.2, 0.25) is 0 Å². The van der Waals surface area contributed by atoms with Crippen molar-refractivity contribution < 1.29 is 4.39 Å². The van der Waals surface area contributed by atoms with Gasteiger partial charge >= 0.3 is 0 Å². The van der Waals surface area contributed by atoms with E-state index in [9.17, 15) is 9.18 Å². The molecule has 1 heterocycles. The third-order valence-corrected chi connectivity index (χ3v) is 2.66. The molecule has 0 saturated carbocycles. The molecule has 0 aliphatic heterocycles. The Morgan fingerprint density at radius 1 is 1.33 bits per heavy atom. The number of aromatic nitrogens is 2. The van der Waals surface area contributed by atoms with Crippen molar-refractivity contribution in [2.75, 3.05) is 0 Å². The molecule has 0 spiro atoms. The minimum absolute atomic E-state index is 0.167. The molecule has 2 aromatic rings. The van der Waals surface area contributed by atoms with Crippen LogP contribution in [0.3, 0.4) is 0 Å². The molecule has 0 amide bonds. The molecule has 0 fully saturated rings. The van der Waals surface area contributed by atoms with E-state index in [-0.39, 0.29) is 17.3 Å². The fourth-order valence-electron chi connectivity index (χ4n) is 1.75. The number of aromatic amines is 1. The van der Waals surface area contributed by atoms with E-state index in [0.29, 0.717) is 12.2 Å². The lowest BCUT2D eigenvalue weighted by molar-refractivity contribution is 0.625. The Bertz CT molecular complexity index is 605. The highest BCUT2D eigenvalue weighted by Gasteiger charge is 2.06. The first-order valence-corrected chi connectivity index (χ1v) is 5.89. The minimum Gasteiger partial charge on any atom is -0.310 e. The lowest BCUT2D eigenvalue weighted by Crippen LogP contribution is -2.13. The number of hydrogen-bond acceptors (Lipinski definition) is 2. The molecule has 0 bridgehead atoms. The zero-order valence-corrected chi connectivity index (χ0v) is 10.4. The summed E-state index contributed by atoms with van der Waals surface area (Å²) >= 11 is 0. The van der Waals surface area contributed by atoms with Crippen molar-refractivity contribution >= 4 is 0 Å². The van der Waals surface area contributed by atoms with Gasteiger partial charge in [0, 0.05) is 12.5 Å². The van der Waals surface area contributed by atoms with E-state index in [1.165, 1.54) is 18.2 Å². The largest absolute Gasteiger partial charge is 0.310 e. The van der Waals surface area contributed by atoms with Crippen LogP contribution in [0.4, 0.5) is 4.39 Å². The first-order chi connectivity index (χ1) is 8.54. The maximum atomic E-state index is 13.1. The molecule has 0 aliphatic rings. The lowest BCUT2D eigenvalue weighted by atomic mass is 10.1. The second-order valence-corrected chi connectivity index (χ2v) is 4.58. The van der Waals surface area contributed by atoms with Crippen molar-refractivity contribution in [2.45, 2.75) is 26.2 Å². The van der Waals surface area contributed by atoms with Crippen molar-refractivity contribution in [1.82, 2.24) is 9.97 Å². The standard InChI is InChI=1S/C14H15FN2O/c1-9(2)12-8-14(18)17-13(16-12)7-10-4-3-5-11(15)6-10/h3-6,8-9H,7H2,1-2H3,(H,16,17,18). The molecule has 2 rings (SSSR count). The lowest BCUT2D eigenvalue weighted by Gasteiger charge is -2.07. The monoisotopic (exact) mass is 246 g/mol. The van der Waals surface area contributed by atoms with Gasteiger partial charge in [-0.05, 0) is 23.6 Å². The predicted molar refractivity (Wildman–Crippen MR) is 68.2 cm³/mol. The highest BCUT2D eigenvalue weighted by atomic mass is 19.1. The van der Waals surface area contributed by atoms with Crippen molar-refractivity contribution in [3.63, 3.8) is 0 Å². The van der Waals surface area contributed by atoms with E-state index in [2.05, 4.69) is 9.97 Å². The second kappa shape index (κ2) is 5.12. The summed E-state index contributed by atoms with van der Waals surface area (Å²) in [5.74, 6) is 0.477. The average Bonchev–Trinajstić information content (AvgIpc) is 2.28. The van der Waals surface area contributed by atoms with Crippen LogP contribution in [0.5, 0.6) is 0 Å². The van der Waals surface area contributed by atoms with Gasteiger partial charge in [0.15, 0.2) is 0 Å². The third-order valence-electron chi connectivity index (χ3n) is 2.66. The van der Waals surface area contributed by atoms with Gasteiger partial charge < -0.3 is 4.98 Å². The Hall–Kier alpha value is -1.97. The molecule has 4 heteroatoms. The van der Waals surface area contributed by atoms with Crippen LogP contribution in [0.25, 0.3) is 0 Å². The molecular weight excluding hydrogens is 231 g/mol. The van der Waals surface area contributed by atoms with Crippen molar-refractivity contribution in [1.29, 1.82) is 0 Å². The van der Waals surface area contributed by atoms with E-state index in [4.69, 9.17) is 0 Å². The summed E-state index contributed by atoms with van der Waals surface area (Å²) in [4.78, 5) is 18.6. The SMILES string of the molecule is CC(C)c1cc(=O)[nH]c(Cc2cccc(F)c2)n1. The molecule has 0 unspecified atom stereocenters. The number of nitrogens with zero attached hydrogens (tertiary/aromatic N) is 1. The molecule has 1 aromatic heterocycles. The van der Waals surface area contributed by atoms with Crippen LogP contribution in [-0.2, 0) is 6.42 Å². The Balaban J connectivity index is 2.32. The zero-order chi connectivity index (χ0) is 13.1. The fourth-order valence-corrected chi connectivity index (χ4v) is 1.75. The van der Waals surface area contributed by atoms with Gasteiger partial charge in [-0.3, -0.25) is 4.79 Å². The molecule has 1 aromatic carbocycles. The Morgan fingerprint density at radius 3 is 2.78 bits per heavy atom. The molecule has 0 atom stereocenters. The second-order valence-electron chi connectivity index (χ2n) is 4.58. The normalized spacial score (nSPS) is 10.9. The average molecular weight is 246 g/mol. The summed E-state index contributed by atoms with van der Waals surface area (Å²) in [6.07, 6.45) is 0.424. The van der Waals surface area contributed by atoms with Gasteiger partial charge in [-0.15, -0.1) is 0 Å². The number of benzene rings is 1. The molecule has 0 radical (unpaired) electrons. The quantitative estimate of drug-likeness (QED) is 0.904. The topological polar surface area (TPSA) is 45.8 Å². The number of nitrogens with one attached hydrogen (secondary N) is 1. The minimum atomic E-state index is -0.283. The molecule has 0 saturated heterocycles. The Labute approximate surface area is 105 Å². The smallest absolute Gasteiger partial charge is 0.251 e. The van der Waals surface area contributed by atoms with Crippen LogP contribution in [-0.4, -0.2) is 9.97 Å². The van der Waals surface area contributed by atoms with Crippen molar-refractivity contribution in [3.8, 4) is 0 Å². The molecular formula is C14H15FN2O. The molecule has 3 nitrogen and oxygen atoms in total. The van der Waals surface area contributed by atoms with Crippen molar-refractivity contribution in [3.05, 3.63) is 63.6 Å². The Morgan fingerprint density at radius 2 is 2.11 bits per heavy atom. The summed E-state index contributed by atoms with van der Waals surface area (Å²) in [5, 5.41) is 0. The van der Waals surface area contributed by atoms with Gasteiger partial charge in [-0.1, -0.05) is 26.0 Å². The van der Waals surface area contributed by atoms with E-state index in [1.807, 2.05) is 19.9 Å². The molecule has 94 valence electrons. The summed E-state index contributed by atoms with van der Waals surface area (Å²) in [6.45, 7) is 3.96. The summed E-state index contributed by atoms with van der Waals surface area (Å²) in [5.41, 5.74) is 1.38. The maximum absolute atomic E-state index is 13.1. The predicted octanol–water partition coefficient (Wildman–Crippen LogP) is 2.62. The van der Waals surface area contributed by atoms with E-state index in [1.54, 1.807) is 6.07 Å². The third kappa shape index (κ3) is 3.03. The van der Waals surface area contributed by atoms with Gasteiger partial charge in [0.05, 0.1) is 5.69 Å². The van der Waals surface area contributed by atoms with Gasteiger partial charge in [-0.2, -0.15) is 0 Å². The van der Waals surface area contributed by atoms with E-state index < -0.39 is 0 Å². The van der Waals surface area contributed by atoms with Crippen molar-refractivity contribution in [2.24, 2.45) is 0 Å². The zero-order valence-electron chi connectivity index (χ0n) is 10.4. The number of hydrogen-bond donors (Lipinski definition) is 1. The Kier molecular flexibility index (Phi) is 3.55. The molecule has 18 heavy (non-hydrogen) atoms. The van der Waals surface area contributed by atoms with Crippen LogP contribution >= 0.6 is 0 Å². The molecule has 1 N–H and O–H groups in total. The summed E-state index contributed by atoms with van der Waals surface area (Å²) in [6, 6.07) is 7.80. The van der Waals surface area contributed by atoms with Gasteiger partial charge in [0.1, 0.15) is 11.6 Å². The van der Waals surface area contributed by atoms with Crippen LogP contribution < -0.4 is 5.56 Å². The van der Waals surface area contributed by atoms with Crippen LogP contribution in [0.1, 0.15) is 36.8 Å². The maximum Gasteiger partial charge on any atom is 0.251 e. The first kappa shape index (κ1) is 12.5. The van der Waals surface area contributed by atoms with Gasteiger partial charge in [0.2, 0.25) is 0 Å². The van der Waals surface area contributed by atoms with Crippen LogP contribution in [0, 0.1) is 5.82 Å². The molecule has 0 aliphatic carbocycles. The first-order valence-electron chi connectivity index (χ1n) is 5.89. The number of H-pyrrole nitrogens is 1. The fraction of sp³-hybridized carbons (Fsp3) is 0.286. The van der Waals surface area contributed by atoms with E-state index >= 15 is 0 Å². The van der Waals surface area contributed by atoms with Crippen LogP contribution in [0.15, 0.2) is 35.1 Å². The highest BCUT2D eigenvalue weighted by molar-refractivity contribution is 5.20. The van der Waals surface area contributed by atoms with Gasteiger partial charge in [0.25, 0.3) is 5.56 Å². The summed E-state index contributed by atoms with van der Waals surface area (Å²) < 4.78 is 13.1. The number of halogens is 1. The van der Waals surface area contributed by atoms with E-state index in [0.717, 1.165) is 11.3 Å².